The molecule has 1 aromatic carbocycles. The molecule has 2 heterocycles. The highest BCUT2D eigenvalue weighted by Gasteiger charge is 2.49. The SMILES string of the molecule is O[C@H]1CCN2Cc3ccccc3N[C@@]12O. The third-order valence-electron chi connectivity index (χ3n) is 3.32. The Kier molecular flexibility index (Phi) is 1.80. The van der Waals surface area contributed by atoms with Crippen LogP contribution in [0.5, 0.6) is 0 Å². The van der Waals surface area contributed by atoms with Gasteiger partial charge < -0.3 is 15.5 Å². The number of rotatable bonds is 0. The summed E-state index contributed by atoms with van der Waals surface area (Å²) in [7, 11) is 0. The molecule has 0 aliphatic carbocycles. The van der Waals surface area contributed by atoms with Crippen molar-refractivity contribution in [1.82, 2.24) is 4.90 Å². The van der Waals surface area contributed by atoms with Crippen LogP contribution >= 0.6 is 0 Å². The summed E-state index contributed by atoms with van der Waals surface area (Å²) in [6.45, 7) is 1.41. The molecule has 4 nitrogen and oxygen atoms in total. The van der Waals surface area contributed by atoms with Gasteiger partial charge in [0.25, 0.3) is 0 Å². The summed E-state index contributed by atoms with van der Waals surface area (Å²) < 4.78 is 0. The number of hydrogen-bond donors (Lipinski definition) is 3. The van der Waals surface area contributed by atoms with Crippen molar-refractivity contribution >= 4 is 5.69 Å². The third-order valence-corrected chi connectivity index (χ3v) is 3.32. The van der Waals surface area contributed by atoms with E-state index in [1.54, 1.807) is 0 Å². The van der Waals surface area contributed by atoms with Gasteiger partial charge >= 0.3 is 0 Å². The summed E-state index contributed by atoms with van der Waals surface area (Å²) in [6.07, 6.45) is -0.108. The zero-order chi connectivity index (χ0) is 10.5. The summed E-state index contributed by atoms with van der Waals surface area (Å²) in [4.78, 5) is 1.88. The van der Waals surface area contributed by atoms with Crippen molar-refractivity contribution in [2.24, 2.45) is 0 Å². The molecule has 1 aromatic rings. The molecule has 1 fully saturated rings. The predicted molar refractivity (Wildman–Crippen MR) is 56.0 cm³/mol. The Bertz CT molecular complexity index is 396. The van der Waals surface area contributed by atoms with Crippen LogP contribution in [0.3, 0.4) is 0 Å². The summed E-state index contributed by atoms with van der Waals surface area (Å²) in [5.74, 6) is -1.27. The molecule has 0 radical (unpaired) electrons. The zero-order valence-electron chi connectivity index (χ0n) is 8.35. The zero-order valence-corrected chi connectivity index (χ0v) is 8.35. The summed E-state index contributed by atoms with van der Waals surface area (Å²) >= 11 is 0. The fourth-order valence-electron chi connectivity index (χ4n) is 2.41. The van der Waals surface area contributed by atoms with Gasteiger partial charge in [0.2, 0.25) is 5.85 Å². The van der Waals surface area contributed by atoms with Crippen molar-refractivity contribution in [1.29, 1.82) is 0 Å². The maximum atomic E-state index is 10.3. The molecule has 1 saturated heterocycles. The highest BCUT2D eigenvalue weighted by atomic mass is 16.4. The first-order chi connectivity index (χ1) is 7.20. The monoisotopic (exact) mass is 206 g/mol. The molecule has 0 spiro atoms. The van der Waals surface area contributed by atoms with Crippen LogP contribution in [0.15, 0.2) is 24.3 Å². The number of anilines is 1. The normalized spacial score (nSPS) is 34.4. The van der Waals surface area contributed by atoms with E-state index in [0.717, 1.165) is 17.8 Å². The van der Waals surface area contributed by atoms with Crippen molar-refractivity contribution < 1.29 is 10.2 Å². The molecule has 2 aliphatic rings. The van der Waals surface area contributed by atoms with Gasteiger partial charge in [-0.2, -0.15) is 0 Å². The van der Waals surface area contributed by atoms with Crippen LogP contribution in [0.4, 0.5) is 5.69 Å². The molecule has 4 heteroatoms. The van der Waals surface area contributed by atoms with Crippen LogP contribution in [0, 0.1) is 0 Å². The Hall–Kier alpha value is -1.10. The number of para-hydroxylation sites is 1. The molecule has 3 N–H and O–H groups in total. The molecule has 80 valence electrons. The predicted octanol–water partition coefficient (Wildman–Crippen LogP) is 0.325. The van der Waals surface area contributed by atoms with Gasteiger partial charge in [-0.15, -0.1) is 0 Å². The number of nitrogens with zero attached hydrogens (tertiary/aromatic N) is 1. The first-order valence-corrected chi connectivity index (χ1v) is 5.22. The van der Waals surface area contributed by atoms with Crippen LogP contribution in [-0.4, -0.2) is 33.6 Å². The Morgan fingerprint density at radius 2 is 2.20 bits per heavy atom. The van der Waals surface area contributed by atoms with Gasteiger partial charge in [0, 0.05) is 18.8 Å². The minimum atomic E-state index is -1.27. The van der Waals surface area contributed by atoms with Crippen LogP contribution < -0.4 is 5.32 Å². The fraction of sp³-hybridized carbons (Fsp3) is 0.455. The lowest BCUT2D eigenvalue weighted by Gasteiger charge is -2.41. The van der Waals surface area contributed by atoms with Crippen molar-refractivity contribution in [3.8, 4) is 0 Å². The molecule has 0 bridgehead atoms. The molecule has 0 saturated carbocycles. The van der Waals surface area contributed by atoms with E-state index in [1.807, 2.05) is 29.2 Å². The molecular formula is C11H14N2O2. The fourth-order valence-corrected chi connectivity index (χ4v) is 2.41. The largest absolute Gasteiger partial charge is 0.387 e. The highest BCUT2D eigenvalue weighted by Crippen LogP contribution is 2.36. The maximum absolute atomic E-state index is 10.3. The first kappa shape index (κ1) is 9.15. The second-order valence-electron chi connectivity index (χ2n) is 4.23. The molecular weight excluding hydrogens is 192 g/mol. The van der Waals surface area contributed by atoms with Gasteiger partial charge in [-0.3, -0.25) is 4.90 Å². The summed E-state index contributed by atoms with van der Waals surface area (Å²) in [6, 6.07) is 7.87. The first-order valence-electron chi connectivity index (χ1n) is 5.22. The second kappa shape index (κ2) is 2.95. The van der Waals surface area contributed by atoms with Gasteiger partial charge in [0.15, 0.2) is 0 Å². The van der Waals surface area contributed by atoms with Gasteiger partial charge in [-0.1, -0.05) is 18.2 Å². The van der Waals surface area contributed by atoms with Crippen molar-refractivity contribution in [3.05, 3.63) is 29.8 Å². The average Bonchev–Trinajstić information content (AvgIpc) is 2.52. The van der Waals surface area contributed by atoms with E-state index in [2.05, 4.69) is 5.32 Å². The molecule has 15 heavy (non-hydrogen) atoms. The molecule has 2 atom stereocenters. The minimum Gasteiger partial charge on any atom is -0.387 e. The van der Waals surface area contributed by atoms with Gasteiger partial charge in [0.05, 0.1) is 0 Å². The van der Waals surface area contributed by atoms with E-state index in [1.165, 1.54) is 0 Å². The Morgan fingerprint density at radius 3 is 3.07 bits per heavy atom. The molecule has 0 amide bonds. The number of nitrogens with one attached hydrogen (secondary N) is 1. The quantitative estimate of drug-likeness (QED) is 0.572. The van der Waals surface area contributed by atoms with E-state index in [4.69, 9.17) is 0 Å². The standard InChI is InChI=1S/C11H14N2O2/c14-10-5-6-13-7-8-3-1-2-4-9(8)12-11(10,13)15/h1-4,10,12,14-15H,5-7H2/t10-,11-/m0/s1. The maximum Gasteiger partial charge on any atom is 0.223 e. The van der Waals surface area contributed by atoms with E-state index in [9.17, 15) is 10.2 Å². The Labute approximate surface area is 88.1 Å². The molecule has 3 rings (SSSR count). The smallest absolute Gasteiger partial charge is 0.223 e. The number of fused-ring (bicyclic) bond motifs is 2. The number of aliphatic hydroxyl groups excluding tert-OH is 1. The van der Waals surface area contributed by atoms with Crippen LogP contribution in [0.2, 0.25) is 0 Å². The van der Waals surface area contributed by atoms with Crippen molar-refractivity contribution in [3.63, 3.8) is 0 Å². The molecule has 2 aliphatic heterocycles. The molecule has 0 aromatic heterocycles. The minimum absolute atomic E-state index is 0.609. The van der Waals surface area contributed by atoms with Crippen molar-refractivity contribution in [2.45, 2.75) is 24.9 Å². The van der Waals surface area contributed by atoms with E-state index in [0.29, 0.717) is 13.0 Å². The summed E-state index contributed by atoms with van der Waals surface area (Å²) in [5.41, 5.74) is 2.08. The number of benzene rings is 1. The topological polar surface area (TPSA) is 55.7 Å². The van der Waals surface area contributed by atoms with Crippen molar-refractivity contribution in [2.75, 3.05) is 11.9 Å². The van der Waals surface area contributed by atoms with Crippen LogP contribution in [-0.2, 0) is 6.54 Å². The lowest BCUT2D eigenvalue weighted by Crippen LogP contribution is -2.58. The van der Waals surface area contributed by atoms with E-state index in [-0.39, 0.29) is 0 Å². The third kappa shape index (κ3) is 1.19. The Morgan fingerprint density at radius 1 is 1.40 bits per heavy atom. The average molecular weight is 206 g/mol. The molecule has 0 unspecified atom stereocenters. The van der Waals surface area contributed by atoms with E-state index < -0.39 is 12.0 Å². The lowest BCUT2D eigenvalue weighted by molar-refractivity contribution is -0.125. The second-order valence-corrected chi connectivity index (χ2v) is 4.23. The highest BCUT2D eigenvalue weighted by molar-refractivity contribution is 5.54. The number of hydrogen-bond acceptors (Lipinski definition) is 4. The van der Waals surface area contributed by atoms with E-state index >= 15 is 0 Å². The lowest BCUT2D eigenvalue weighted by atomic mass is 10.1. The van der Waals surface area contributed by atoms with Crippen LogP contribution in [0.1, 0.15) is 12.0 Å². The van der Waals surface area contributed by atoms with Gasteiger partial charge in [-0.25, -0.2) is 0 Å². The van der Waals surface area contributed by atoms with Gasteiger partial charge in [-0.05, 0) is 18.1 Å². The number of aliphatic hydroxyl groups is 2. The van der Waals surface area contributed by atoms with Crippen LogP contribution in [0.25, 0.3) is 0 Å². The van der Waals surface area contributed by atoms with Gasteiger partial charge in [0.1, 0.15) is 6.10 Å². The Balaban J connectivity index is 2.02. The summed E-state index contributed by atoms with van der Waals surface area (Å²) in [5, 5.41) is 23.1.